The fourth-order valence-electron chi connectivity index (χ4n) is 1.55. The topological polar surface area (TPSA) is 61.8 Å². The van der Waals surface area contributed by atoms with Crippen LogP contribution in [0.15, 0.2) is 12.3 Å². The zero-order chi connectivity index (χ0) is 15.3. The third-order valence-corrected chi connectivity index (χ3v) is 2.57. The highest BCUT2D eigenvalue weighted by Crippen LogP contribution is 2.16. The molecular weight excluding hydrogens is 279 g/mol. The zero-order valence-electron chi connectivity index (χ0n) is 12.6. The monoisotopic (exact) mass is 302 g/mol. The van der Waals surface area contributed by atoms with Crippen molar-refractivity contribution in [2.75, 3.05) is 53.8 Å². The van der Waals surface area contributed by atoms with E-state index in [4.69, 9.17) is 18.9 Å². The summed E-state index contributed by atoms with van der Waals surface area (Å²) in [5.41, 5.74) is 0.523. The van der Waals surface area contributed by atoms with Gasteiger partial charge in [-0.1, -0.05) is 0 Å². The summed E-state index contributed by atoms with van der Waals surface area (Å²) in [6, 6.07) is 1.62. The van der Waals surface area contributed by atoms with Crippen LogP contribution in [0.25, 0.3) is 0 Å². The minimum absolute atomic E-state index is 0.00249. The number of rotatable bonds is 12. The van der Waals surface area contributed by atoms with E-state index in [0.717, 1.165) is 0 Å². The summed E-state index contributed by atoms with van der Waals surface area (Å²) in [6.45, 7) is 3.09. The first kappa shape index (κ1) is 17.8. The number of ether oxygens (including phenoxy) is 4. The number of hydrogen-bond donors (Lipinski definition) is 1. The van der Waals surface area contributed by atoms with Crippen molar-refractivity contribution in [2.45, 2.75) is 6.54 Å². The number of nitrogens with one attached hydrogen (secondary N) is 1. The van der Waals surface area contributed by atoms with E-state index in [2.05, 4.69) is 10.3 Å². The van der Waals surface area contributed by atoms with Crippen molar-refractivity contribution in [1.29, 1.82) is 0 Å². The van der Waals surface area contributed by atoms with E-state index in [1.807, 2.05) is 0 Å². The highest BCUT2D eigenvalue weighted by Gasteiger charge is 2.09. The average molecular weight is 302 g/mol. The van der Waals surface area contributed by atoms with Gasteiger partial charge in [0.2, 0.25) is 0 Å². The molecule has 1 aromatic heterocycles. The van der Waals surface area contributed by atoms with Gasteiger partial charge in [0.15, 0.2) is 5.82 Å². The van der Waals surface area contributed by atoms with E-state index < -0.39 is 5.82 Å². The smallest absolute Gasteiger partial charge is 0.250 e. The van der Waals surface area contributed by atoms with Crippen LogP contribution < -0.4 is 10.1 Å². The van der Waals surface area contributed by atoms with Gasteiger partial charge < -0.3 is 24.3 Å². The van der Waals surface area contributed by atoms with Gasteiger partial charge in [0.05, 0.1) is 33.0 Å². The van der Waals surface area contributed by atoms with E-state index in [-0.39, 0.29) is 12.5 Å². The van der Waals surface area contributed by atoms with E-state index in [9.17, 15) is 4.39 Å². The number of nitrogens with zero attached hydrogens (tertiary/aromatic N) is 1. The van der Waals surface area contributed by atoms with Gasteiger partial charge in [-0.05, 0) is 13.1 Å². The van der Waals surface area contributed by atoms with E-state index in [0.29, 0.717) is 45.1 Å². The summed E-state index contributed by atoms with van der Waals surface area (Å²) in [4.78, 5) is 3.87. The molecule has 7 heteroatoms. The number of hydrogen-bond acceptors (Lipinski definition) is 6. The van der Waals surface area contributed by atoms with Gasteiger partial charge in [-0.3, -0.25) is 0 Å². The summed E-state index contributed by atoms with van der Waals surface area (Å²) >= 11 is 0. The van der Waals surface area contributed by atoms with Gasteiger partial charge in [-0.15, -0.1) is 0 Å². The van der Waals surface area contributed by atoms with Crippen LogP contribution in [0, 0.1) is 5.82 Å². The molecular formula is C14H23FN2O4. The summed E-state index contributed by atoms with van der Waals surface area (Å²) < 4.78 is 34.5. The van der Waals surface area contributed by atoms with Crippen molar-refractivity contribution in [3.8, 4) is 5.88 Å². The molecule has 120 valence electrons. The lowest BCUT2D eigenvalue weighted by Crippen LogP contribution is -2.14. The predicted octanol–water partition coefficient (Wildman–Crippen LogP) is 0.998. The van der Waals surface area contributed by atoms with Crippen molar-refractivity contribution in [2.24, 2.45) is 0 Å². The van der Waals surface area contributed by atoms with Gasteiger partial charge in [-0.2, -0.15) is 0 Å². The number of aromatic nitrogens is 1. The van der Waals surface area contributed by atoms with Gasteiger partial charge in [0.25, 0.3) is 5.88 Å². The van der Waals surface area contributed by atoms with Crippen LogP contribution in [0.5, 0.6) is 5.88 Å². The lowest BCUT2D eigenvalue weighted by molar-refractivity contribution is 0.0173. The third-order valence-electron chi connectivity index (χ3n) is 2.57. The highest BCUT2D eigenvalue weighted by molar-refractivity contribution is 5.23. The van der Waals surface area contributed by atoms with E-state index >= 15 is 0 Å². The Morgan fingerprint density at radius 3 is 2.43 bits per heavy atom. The van der Waals surface area contributed by atoms with Gasteiger partial charge in [0.1, 0.15) is 6.61 Å². The Morgan fingerprint density at radius 2 is 1.76 bits per heavy atom. The lowest BCUT2D eigenvalue weighted by Gasteiger charge is -2.09. The Morgan fingerprint density at radius 1 is 1.10 bits per heavy atom. The minimum atomic E-state index is -0.435. The molecule has 6 nitrogen and oxygen atoms in total. The highest BCUT2D eigenvalue weighted by atomic mass is 19.1. The summed E-state index contributed by atoms with van der Waals surface area (Å²) in [5, 5.41) is 2.89. The van der Waals surface area contributed by atoms with Crippen molar-refractivity contribution in [3.63, 3.8) is 0 Å². The molecule has 0 bridgehead atoms. The molecule has 0 aromatic carbocycles. The van der Waals surface area contributed by atoms with Crippen molar-refractivity contribution < 1.29 is 23.3 Å². The summed E-state index contributed by atoms with van der Waals surface area (Å²) in [6.07, 6.45) is 1.52. The van der Waals surface area contributed by atoms with Gasteiger partial charge >= 0.3 is 0 Å². The van der Waals surface area contributed by atoms with Gasteiger partial charge in [0, 0.05) is 25.4 Å². The molecule has 1 aromatic rings. The fourth-order valence-corrected chi connectivity index (χ4v) is 1.55. The number of pyridine rings is 1. The van der Waals surface area contributed by atoms with Crippen molar-refractivity contribution >= 4 is 0 Å². The molecule has 1 rings (SSSR count). The molecule has 1 N–H and O–H groups in total. The maximum Gasteiger partial charge on any atom is 0.250 e. The van der Waals surface area contributed by atoms with Crippen LogP contribution in [0.4, 0.5) is 4.39 Å². The Hall–Kier alpha value is -1.28. The second-order valence-corrected chi connectivity index (χ2v) is 4.19. The second-order valence-electron chi connectivity index (χ2n) is 4.19. The Bertz CT molecular complexity index is 393. The number of methoxy groups -OCH3 is 1. The quantitative estimate of drug-likeness (QED) is 0.581. The molecule has 0 amide bonds. The Kier molecular flexibility index (Phi) is 9.64. The zero-order valence-corrected chi connectivity index (χ0v) is 12.6. The molecule has 1 heterocycles. The van der Waals surface area contributed by atoms with Crippen molar-refractivity contribution in [3.05, 3.63) is 23.6 Å². The molecule has 0 aliphatic rings. The lowest BCUT2D eigenvalue weighted by atomic mass is 10.2. The molecule has 0 fully saturated rings. The standard InChI is InChI=1S/C14H23FN2O4/c1-16-11-12-3-4-17-14(13(12)15)21-10-9-20-8-7-19-6-5-18-2/h3-4,16H,5-11H2,1-2H3. The minimum Gasteiger partial charge on any atom is -0.473 e. The molecule has 0 atom stereocenters. The van der Waals surface area contributed by atoms with Crippen LogP contribution in [0.3, 0.4) is 0 Å². The number of halogens is 1. The maximum atomic E-state index is 13.9. The Balaban J connectivity index is 2.14. The SMILES string of the molecule is CNCc1ccnc(OCCOCCOCCOC)c1F. The average Bonchev–Trinajstić information content (AvgIpc) is 2.49. The molecule has 21 heavy (non-hydrogen) atoms. The maximum absolute atomic E-state index is 13.9. The largest absolute Gasteiger partial charge is 0.473 e. The second kappa shape index (κ2) is 11.4. The Labute approximate surface area is 124 Å². The first-order valence-electron chi connectivity index (χ1n) is 6.84. The van der Waals surface area contributed by atoms with Crippen LogP contribution in [-0.2, 0) is 20.8 Å². The van der Waals surface area contributed by atoms with Crippen LogP contribution >= 0.6 is 0 Å². The fraction of sp³-hybridized carbons (Fsp3) is 0.643. The third kappa shape index (κ3) is 7.33. The van der Waals surface area contributed by atoms with E-state index in [1.54, 1.807) is 20.2 Å². The van der Waals surface area contributed by atoms with Crippen LogP contribution in [0.1, 0.15) is 5.56 Å². The molecule has 0 aliphatic carbocycles. The van der Waals surface area contributed by atoms with Crippen LogP contribution in [-0.4, -0.2) is 58.8 Å². The predicted molar refractivity (Wildman–Crippen MR) is 76.0 cm³/mol. The molecule has 0 saturated carbocycles. The molecule has 0 radical (unpaired) electrons. The first-order chi connectivity index (χ1) is 10.3. The summed E-state index contributed by atoms with van der Waals surface area (Å²) in [7, 11) is 3.37. The van der Waals surface area contributed by atoms with E-state index in [1.165, 1.54) is 6.20 Å². The molecule has 0 unspecified atom stereocenters. The molecule has 0 saturated heterocycles. The molecule has 0 spiro atoms. The van der Waals surface area contributed by atoms with Crippen molar-refractivity contribution in [1.82, 2.24) is 10.3 Å². The summed E-state index contributed by atoms with van der Waals surface area (Å²) in [5.74, 6) is -0.433. The van der Waals surface area contributed by atoms with Gasteiger partial charge in [-0.25, -0.2) is 9.37 Å². The molecule has 0 aliphatic heterocycles. The first-order valence-corrected chi connectivity index (χ1v) is 6.84. The van der Waals surface area contributed by atoms with Crippen LogP contribution in [0.2, 0.25) is 0 Å². The normalized spacial score (nSPS) is 10.8.